The molecule has 1 rings (SSSR count). The van der Waals surface area contributed by atoms with Crippen LogP contribution in [0.15, 0.2) is 15.9 Å². The van der Waals surface area contributed by atoms with Crippen molar-refractivity contribution < 1.29 is 14.6 Å². The van der Waals surface area contributed by atoms with Gasteiger partial charge in [0.15, 0.2) is 0 Å². The number of hydrogen-bond acceptors (Lipinski definition) is 3. The summed E-state index contributed by atoms with van der Waals surface area (Å²) in [6.07, 6.45) is 0.755. The molecule has 0 aliphatic heterocycles. The first kappa shape index (κ1) is 10.7. The number of carboxylic acids is 1. The minimum atomic E-state index is -0.926. The van der Waals surface area contributed by atoms with Gasteiger partial charge in [0.1, 0.15) is 6.61 Å². The van der Waals surface area contributed by atoms with Crippen LogP contribution in [0.4, 0.5) is 0 Å². The Bertz CT molecular complexity index is 285. The lowest BCUT2D eigenvalue weighted by molar-refractivity contribution is -0.142. The molecule has 0 spiro atoms. The number of ether oxygens (including phenoxy) is 1. The van der Waals surface area contributed by atoms with Crippen LogP contribution in [0.1, 0.15) is 4.88 Å². The van der Waals surface area contributed by atoms with Gasteiger partial charge >= 0.3 is 5.97 Å². The van der Waals surface area contributed by atoms with Gasteiger partial charge in [-0.2, -0.15) is 0 Å². The lowest BCUT2D eigenvalue weighted by Gasteiger charge is -1.99. The van der Waals surface area contributed by atoms with Gasteiger partial charge in [-0.3, -0.25) is 0 Å². The summed E-state index contributed by atoms with van der Waals surface area (Å²) in [7, 11) is 0. The van der Waals surface area contributed by atoms with E-state index in [-0.39, 0.29) is 6.61 Å². The second-order valence-electron chi connectivity index (χ2n) is 2.39. The molecule has 3 nitrogen and oxygen atoms in total. The lowest BCUT2D eigenvalue weighted by atomic mass is 10.4. The van der Waals surface area contributed by atoms with E-state index in [1.165, 1.54) is 4.88 Å². The lowest BCUT2D eigenvalue weighted by Crippen LogP contribution is -2.08. The summed E-state index contributed by atoms with van der Waals surface area (Å²) < 4.78 is 5.98. The van der Waals surface area contributed by atoms with E-state index in [4.69, 9.17) is 9.84 Å². The van der Waals surface area contributed by atoms with E-state index in [1.54, 1.807) is 11.3 Å². The van der Waals surface area contributed by atoms with Gasteiger partial charge in [0.05, 0.1) is 6.61 Å². The van der Waals surface area contributed by atoms with Crippen molar-refractivity contribution in [3.63, 3.8) is 0 Å². The predicted octanol–water partition coefficient (Wildman–Crippen LogP) is 2.15. The van der Waals surface area contributed by atoms with Crippen LogP contribution >= 0.6 is 27.3 Å². The second-order valence-corrected chi connectivity index (χ2v) is 4.24. The molecule has 1 aromatic rings. The molecule has 0 atom stereocenters. The SMILES string of the molecule is O=C(O)COCCc1sccc1Br. The summed E-state index contributed by atoms with van der Waals surface area (Å²) in [6, 6.07) is 1.97. The van der Waals surface area contributed by atoms with E-state index in [2.05, 4.69) is 15.9 Å². The van der Waals surface area contributed by atoms with Crippen molar-refractivity contribution in [2.75, 3.05) is 13.2 Å². The first-order valence-corrected chi connectivity index (χ1v) is 5.39. The molecular weight excluding hydrogens is 256 g/mol. The van der Waals surface area contributed by atoms with Gasteiger partial charge in [0.2, 0.25) is 0 Å². The summed E-state index contributed by atoms with van der Waals surface area (Å²) in [6.45, 7) is 0.231. The summed E-state index contributed by atoms with van der Waals surface area (Å²) in [4.78, 5) is 11.3. The van der Waals surface area contributed by atoms with Crippen LogP contribution in [-0.2, 0) is 16.0 Å². The molecule has 5 heteroatoms. The highest BCUT2D eigenvalue weighted by molar-refractivity contribution is 9.10. The minimum absolute atomic E-state index is 0.219. The van der Waals surface area contributed by atoms with Gasteiger partial charge < -0.3 is 9.84 Å². The van der Waals surface area contributed by atoms with Crippen LogP contribution in [0.25, 0.3) is 0 Å². The highest BCUT2D eigenvalue weighted by Crippen LogP contribution is 2.22. The van der Waals surface area contributed by atoms with Crippen LogP contribution in [0.5, 0.6) is 0 Å². The van der Waals surface area contributed by atoms with Crippen molar-refractivity contribution in [2.24, 2.45) is 0 Å². The first-order valence-electron chi connectivity index (χ1n) is 3.71. The molecule has 0 saturated carbocycles. The first-order chi connectivity index (χ1) is 6.20. The molecule has 72 valence electrons. The molecule has 0 bridgehead atoms. The van der Waals surface area contributed by atoms with Gasteiger partial charge in [-0.15, -0.1) is 11.3 Å². The van der Waals surface area contributed by atoms with Gasteiger partial charge in [0.25, 0.3) is 0 Å². The Kier molecular flexibility index (Phi) is 4.41. The Labute approximate surface area is 88.5 Å². The summed E-state index contributed by atoms with van der Waals surface area (Å²) in [5.41, 5.74) is 0. The third kappa shape index (κ3) is 3.89. The summed E-state index contributed by atoms with van der Waals surface area (Å²) in [5.74, 6) is -0.926. The molecule has 0 aliphatic carbocycles. The fourth-order valence-corrected chi connectivity index (χ4v) is 2.36. The summed E-state index contributed by atoms with van der Waals surface area (Å²) in [5, 5.41) is 10.3. The zero-order valence-electron chi connectivity index (χ0n) is 6.83. The Hall–Kier alpha value is -0.390. The molecule has 0 saturated heterocycles. The average Bonchev–Trinajstić information content (AvgIpc) is 2.45. The number of rotatable bonds is 5. The molecular formula is C8H9BrO3S. The Morgan fingerprint density at radius 2 is 2.46 bits per heavy atom. The van der Waals surface area contributed by atoms with Crippen molar-refractivity contribution in [2.45, 2.75) is 6.42 Å². The van der Waals surface area contributed by atoms with Crippen molar-refractivity contribution in [1.29, 1.82) is 0 Å². The molecule has 0 aromatic carbocycles. The Morgan fingerprint density at radius 1 is 1.69 bits per heavy atom. The molecule has 1 aromatic heterocycles. The number of carboxylic acid groups (broad SMARTS) is 1. The van der Waals surface area contributed by atoms with Gasteiger partial charge in [-0.1, -0.05) is 0 Å². The number of carbonyl (C=O) groups is 1. The normalized spacial score (nSPS) is 10.2. The highest BCUT2D eigenvalue weighted by atomic mass is 79.9. The molecule has 13 heavy (non-hydrogen) atoms. The minimum Gasteiger partial charge on any atom is -0.480 e. The second kappa shape index (κ2) is 5.36. The van der Waals surface area contributed by atoms with Crippen molar-refractivity contribution in [3.05, 3.63) is 20.8 Å². The number of hydrogen-bond donors (Lipinski definition) is 1. The van der Waals surface area contributed by atoms with Crippen LogP contribution in [0, 0.1) is 0 Å². The molecule has 0 aliphatic rings. The van der Waals surface area contributed by atoms with E-state index in [9.17, 15) is 4.79 Å². The third-order valence-corrected chi connectivity index (χ3v) is 3.38. The Morgan fingerprint density at radius 3 is 3.00 bits per heavy atom. The fraction of sp³-hybridized carbons (Fsp3) is 0.375. The largest absolute Gasteiger partial charge is 0.480 e. The zero-order valence-corrected chi connectivity index (χ0v) is 9.23. The molecule has 0 unspecified atom stereocenters. The average molecular weight is 265 g/mol. The smallest absolute Gasteiger partial charge is 0.329 e. The molecule has 0 amide bonds. The highest BCUT2D eigenvalue weighted by Gasteiger charge is 2.01. The van der Waals surface area contributed by atoms with Crippen LogP contribution < -0.4 is 0 Å². The van der Waals surface area contributed by atoms with Crippen molar-refractivity contribution in [3.8, 4) is 0 Å². The van der Waals surface area contributed by atoms with Crippen LogP contribution in [0.3, 0.4) is 0 Å². The maximum atomic E-state index is 10.1. The van der Waals surface area contributed by atoms with Crippen molar-refractivity contribution in [1.82, 2.24) is 0 Å². The number of halogens is 1. The molecule has 1 N–H and O–H groups in total. The van der Waals surface area contributed by atoms with E-state index in [0.717, 1.165) is 10.9 Å². The molecule has 0 fully saturated rings. The molecule has 0 radical (unpaired) electrons. The number of thiophene rings is 1. The van der Waals surface area contributed by atoms with Gasteiger partial charge in [-0.25, -0.2) is 4.79 Å². The van der Waals surface area contributed by atoms with Gasteiger partial charge in [0, 0.05) is 15.8 Å². The third-order valence-electron chi connectivity index (χ3n) is 1.39. The predicted molar refractivity (Wildman–Crippen MR) is 54.2 cm³/mol. The summed E-state index contributed by atoms with van der Waals surface area (Å²) >= 11 is 5.02. The maximum Gasteiger partial charge on any atom is 0.329 e. The van der Waals surface area contributed by atoms with E-state index in [0.29, 0.717) is 6.61 Å². The monoisotopic (exact) mass is 264 g/mol. The van der Waals surface area contributed by atoms with Crippen LogP contribution in [0.2, 0.25) is 0 Å². The van der Waals surface area contributed by atoms with E-state index in [1.807, 2.05) is 11.4 Å². The van der Waals surface area contributed by atoms with Crippen LogP contribution in [-0.4, -0.2) is 24.3 Å². The van der Waals surface area contributed by atoms with Crippen molar-refractivity contribution >= 4 is 33.2 Å². The maximum absolute atomic E-state index is 10.1. The van der Waals surface area contributed by atoms with E-state index < -0.39 is 5.97 Å². The molecule has 1 heterocycles. The topological polar surface area (TPSA) is 46.5 Å². The zero-order chi connectivity index (χ0) is 9.68. The standard InChI is InChI=1S/C8H9BrO3S/c9-6-2-4-13-7(6)1-3-12-5-8(10)11/h2,4H,1,3,5H2,(H,10,11). The quantitative estimate of drug-likeness (QED) is 0.830. The van der Waals surface area contributed by atoms with Gasteiger partial charge in [-0.05, 0) is 27.4 Å². The van der Waals surface area contributed by atoms with E-state index >= 15 is 0 Å². The Balaban J connectivity index is 2.20. The number of aliphatic carboxylic acids is 1. The fourth-order valence-electron chi connectivity index (χ4n) is 0.828.